The van der Waals surface area contributed by atoms with Crippen molar-refractivity contribution in [1.29, 1.82) is 0 Å². The molecule has 0 aliphatic rings. The highest BCUT2D eigenvalue weighted by molar-refractivity contribution is 5.85. The number of hydrogen-bond donors (Lipinski definition) is 3. The summed E-state index contributed by atoms with van der Waals surface area (Å²) in [5.74, 6) is -1.40. The highest BCUT2D eigenvalue weighted by Gasteiger charge is 2.52. The van der Waals surface area contributed by atoms with Crippen LogP contribution in [0.5, 0.6) is 0 Å². The van der Waals surface area contributed by atoms with Crippen LogP contribution in [0, 0.1) is 15.5 Å². The Labute approximate surface area is 135 Å². The normalized spacial score (nSPS) is 16.1. The molecule has 0 fully saturated rings. The molecule has 0 rings (SSSR count). The predicted octanol–water partition coefficient (Wildman–Crippen LogP) is 1.41. The van der Waals surface area contributed by atoms with E-state index in [1.54, 1.807) is 41.5 Å². The highest BCUT2D eigenvalue weighted by atomic mass is 16.6. The maximum absolute atomic E-state index is 12.0. The average Bonchev–Trinajstić information content (AvgIpc) is 2.21. The molecule has 2 atom stereocenters. The third-order valence-electron chi connectivity index (χ3n) is 3.26. The van der Waals surface area contributed by atoms with Crippen LogP contribution in [0.2, 0.25) is 0 Å². The largest absolute Gasteiger partial charge is 0.479 e. The number of carboxylic acids is 1. The predicted molar refractivity (Wildman–Crippen MR) is 81.7 cm³/mol. The number of amides is 1. The topological polar surface area (TPSA) is 139 Å². The minimum absolute atomic E-state index is 0.522. The van der Waals surface area contributed by atoms with E-state index in [1.165, 1.54) is 0 Å². The standard InChI is InChI=1S/C14H26N2O7/c1-12(2,3)14(10(18)19,7-9(17)8-16(21)22)15-11(20)23-13(4,5)6/h9,17H,7-8H2,1-6H3,(H,15,20)(H,18,19)/t9-,14-/m1/s1. The maximum Gasteiger partial charge on any atom is 0.408 e. The zero-order chi connectivity index (χ0) is 18.6. The van der Waals surface area contributed by atoms with Crippen molar-refractivity contribution in [2.24, 2.45) is 5.41 Å². The van der Waals surface area contributed by atoms with Crippen LogP contribution in [0.25, 0.3) is 0 Å². The summed E-state index contributed by atoms with van der Waals surface area (Å²) < 4.78 is 5.07. The van der Waals surface area contributed by atoms with Crippen molar-refractivity contribution < 1.29 is 29.5 Å². The molecule has 0 aliphatic carbocycles. The van der Waals surface area contributed by atoms with Crippen molar-refractivity contribution in [1.82, 2.24) is 5.32 Å². The smallest absolute Gasteiger partial charge is 0.408 e. The lowest BCUT2D eigenvalue weighted by molar-refractivity contribution is -0.490. The molecule has 0 heterocycles. The number of nitrogens with zero attached hydrogens (tertiary/aromatic N) is 1. The number of rotatable bonds is 6. The first-order valence-electron chi connectivity index (χ1n) is 7.15. The Balaban J connectivity index is 5.57. The number of aliphatic carboxylic acids is 1. The third kappa shape index (κ3) is 6.39. The Morgan fingerprint density at radius 2 is 1.70 bits per heavy atom. The number of hydrogen-bond acceptors (Lipinski definition) is 6. The van der Waals surface area contributed by atoms with E-state index in [2.05, 4.69) is 5.32 Å². The van der Waals surface area contributed by atoms with Gasteiger partial charge in [0.05, 0.1) is 0 Å². The molecule has 134 valence electrons. The number of carbonyl (C=O) groups is 2. The van der Waals surface area contributed by atoms with E-state index in [0.717, 1.165) is 0 Å². The summed E-state index contributed by atoms with van der Waals surface area (Å²) in [7, 11) is 0. The van der Waals surface area contributed by atoms with E-state index >= 15 is 0 Å². The fraction of sp³-hybridized carbons (Fsp3) is 0.857. The molecule has 0 spiro atoms. The molecule has 9 heteroatoms. The quantitative estimate of drug-likeness (QED) is 0.493. The molecule has 9 nitrogen and oxygen atoms in total. The third-order valence-corrected chi connectivity index (χ3v) is 3.26. The lowest BCUT2D eigenvalue weighted by Gasteiger charge is -2.42. The maximum atomic E-state index is 12.0. The Hall–Kier alpha value is -1.90. The Morgan fingerprint density at radius 1 is 1.22 bits per heavy atom. The Kier molecular flexibility index (Phi) is 6.53. The van der Waals surface area contributed by atoms with Gasteiger partial charge in [0.25, 0.3) is 0 Å². The minimum Gasteiger partial charge on any atom is -0.479 e. The molecule has 0 saturated heterocycles. The van der Waals surface area contributed by atoms with Crippen LogP contribution < -0.4 is 5.32 Å². The highest BCUT2D eigenvalue weighted by Crippen LogP contribution is 2.35. The number of nitro groups is 1. The van der Waals surface area contributed by atoms with Crippen molar-refractivity contribution in [3.8, 4) is 0 Å². The molecular formula is C14H26N2O7. The zero-order valence-electron chi connectivity index (χ0n) is 14.4. The molecule has 0 bridgehead atoms. The van der Waals surface area contributed by atoms with Gasteiger partial charge in [0.2, 0.25) is 6.54 Å². The fourth-order valence-electron chi connectivity index (χ4n) is 2.07. The van der Waals surface area contributed by atoms with Gasteiger partial charge >= 0.3 is 12.1 Å². The molecule has 0 unspecified atom stereocenters. The summed E-state index contributed by atoms with van der Waals surface area (Å²) in [5.41, 5.74) is -3.80. The lowest BCUT2D eigenvalue weighted by atomic mass is 9.70. The van der Waals surface area contributed by atoms with Gasteiger partial charge in [0.15, 0.2) is 0 Å². The number of carboxylic acid groups (broad SMARTS) is 1. The monoisotopic (exact) mass is 334 g/mol. The van der Waals surface area contributed by atoms with Crippen LogP contribution in [0.3, 0.4) is 0 Å². The second-order valence-electron chi connectivity index (χ2n) is 7.46. The van der Waals surface area contributed by atoms with Gasteiger partial charge in [0.1, 0.15) is 17.2 Å². The van der Waals surface area contributed by atoms with E-state index in [0.29, 0.717) is 0 Å². The Morgan fingerprint density at radius 3 is 2.00 bits per heavy atom. The van der Waals surface area contributed by atoms with Crippen molar-refractivity contribution in [3.63, 3.8) is 0 Å². The lowest BCUT2D eigenvalue weighted by Crippen LogP contribution is -2.64. The van der Waals surface area contributed by atoms with E-state index in [9.17, 15) is 29.9 Å². The number of alkyl carbamates (subject to hydrolysis) is 1. The summed E-state index contributed by atoms with van der Waals surface area (Å²) in [6.07, 6.45) is -3.02. The van der Waals surface area contributed by atoms with Gasteiger partial charge in [-0.15, -0.1) is 0 Å². The molecule has 0 aromatic carbocycles. The van der Waals surface area contributed by atoms with Crippen LogP contribution in [-0.4, -0.2) is 51.0 Å². The van der Waals surface area contributed by atoms with Crippen molar-refractivity contribution in [2.75, 3.05) is 6.54 Å². The number of aliphatic hydroxyl groups excluding tert-OH is 1. The molecule has 3 N–H and O–H groups in total. The van der Waals surface area contributed by atoms with E-state index in [1.807, 2.05) is 0 Å². The van der Waals surface area contributed by atoms with Crippen LogP contribution in [0.15, 0.2) is 0 Å². The van der Waals surface area contributed by atoms with Crippen LogP contribution >= 0.6 is 0 Å². The second-order valence-corrected chi connectivity index (χ2v) is 7.46. The van der Waals surface area contributed by atoms with Gasteiger partial charge in [-0.05, 0) is 26.2 Å². The first-order valence-corrected chi connectivity index (χ1v) is 7.15. The summed E-state index contributed by atoms with van der Waals surface area (Å²) in [4.78, 5) is 33.6. The number of nitrogens with one attached hydrogen (secondary N) is 1. The van der Waals surface area contributed by atoms with Crippen LogP contribution in [0.1, 0.15) is 48.0 Å². The van der Waals surface area contributed by atoms with Gasteiger partial charge in [-0.3, -0.25) is 10.1 Å². The van der Waals surface area contributed by atoms with Crippen LogP contribution in [-0.2, 0) is 9.53 Å². The molecule has 0 aromatic heterocycles. The number of aliphatic hydroxyl groups is 1. The fourth-order valence-corrected chi connectivity index (χ4v) is 2.07. The molecule has 0 aromatic rings. The number of ether oxygens (including phenoxy) is 1. The first-order chi connectivity index (χ1) is 10.1. The van der Waals surface area contributed by atoms with Gasteiger partial charge in [-0.2, -0.15) is 0 Å². The molecule has 1 amide bonds. The van der Waals surface area contributed by atoms with Gasteiger partial charge in [0, 0.05) is 11.3 Å². The van der Waals surface area contributed by atoms with Crippen molar-refractivity contribution in [2.45, 2.75) is 65.2 Å². The molecule has 0 aliphatic heterocycles. The number of carbonyl (C=O) groups excluding carboxylic acids is 1. The average molecular weight is 334 g/mol. The SMILES string of the molecule is CC(C)(C)OC(=O)N[C@](C[C@@H](O)C[N+](=O)[O-])(C(=O)O)C(C)(C)C. The summed E-state index contributed by atoms with van der Waals surface area (Å²) in [6, 6.07) is 0. The van der Waals surface area contributed by atoms with E-state index in [-0.39, 0.29) is 0 Å². The molecule has 0 saturated carbocycles. The molecular weight excluding hydrogens is 308 g/mol. The van der Waals surface area contributed by atoms with Crippen molar-refractivity contribution >= 4 is 12.1 Å². The van der Waals surface area contributed by atoms with Crippen molar-refractivity contribution in [3.05, 3.63) is 10.1 Å². The molecule has 23 heavy (non-hydrogen) atoms. The minimum atomic E-state index is -1.93. The Bertz CT molecular complexity index is 465. The first kappa shape index (κ1) is 21.1. The van der Waals surface area contributed by atoms with Gasteiger partial charge in [-0.25, -0.2) is 9.59 Å². The molecule has 0 radical (unpaired) electrons. The van der Waals surface area contributed by atoms with E-state index in [4.69, 9.17) is 4.74 Å². The second kappa shape index (κ2) is 7.12. The summed E-state index contributed by atoms with van der Waals surface area (Å²) >= 11 is 0. The zero-order valence-corrected chi connectivity index (χ0v) is 14.4. The van der Waals surface area contributed by atoms with Crippen LogP contribution in [0.4, 0.5) is 4.79 Å². The summed E-state index contributed by atoms with van der Waals surface area (Å²) in [5, 5.41) is 32.3. The van der Waals surface area contributed by atoms with Gasteiger partial charge < -0.3 is 20.3 Å². The van der Waals surface area contributed by atoms with Gasteiger partial charge in [-0.1, -0.05) is 20.8 Å². The van der Waals surface area contributed by atoms with E-state index < -0.39 is 52.6 Å². The summed E-state index contributed by atoms with van der Waals surface area (Å²) in [6.45, 7) is 8.70.